The summed E-state index contributed by atoms with van der Waals surface area (Å²) >= 11 is 5.68. The Labute approximate surface area is 120 Å². The van der Waals surface area contributed by atoms with Crippen molar-refractivity contribution in [3.8, 4) is 0 Å². The number of nitrogens with zero attached hydrogens (tertiary/aromatic N) is 1. The SMILES string of the molecule is O=Cc1cccc2c1ccn2Cc1ccc(Cl)c(F)c1. The fourth-order valence-electron chi connectivity index (χ4n) is 2.32. The van der Waals surface area contributed by atoms with Gasteiger partial charge in [0, 0.05) is 29.2 Å². The second kappa shape index (κ2) is 5.10. The average Bonchev–Trinajstić information content (AvgIpc) is 2.86. The first-order chi connectivity index (χ1) is 9.69. The maximum absolute atomic E-state index is 13.5. The molecular formula is C16H11ClFNO. The fourth-order valence-corrected chi connectivity index (χ4v) is 2.44. The van der Waals surface area contributed by atoms with Gasteiger partial charge in [0.25, 0.3) is 0 Å². The van der Waals surface area contributed by atoms with E-state index in [1.165, 1.54) is 6.07 Å². The topological polar surface area (TPSA) is 22.0 Å². The van der Waals surface area contributed by atoms with Crippen molar-refractivity contribution in [2.75, 3.05) is 0 Å². The Kier molecular flexibility index (Phi) is 3.28. The van der Waals surface area contributed by atoms with Gasteiger partial charge in [-0.2, -0.15) is 0 Å². The van der Waals surface area contributed by atoms with Crippen LogP contribution in [0.15, 0.2) is 48.7 Å². The van der Waals surface area contributed by atoms with Gasteiger partial charge in [0.05, 0.1) is 5.02 Å². The zero-order valence-corrected chi connectivity index (χ0v) is 11.3. The standard InChI is InChI=1S/C16H11ClFNO/c17-14-5-4-11(8-15(14)18)9-19-7-6-13-12(10-20)2-1-3-16(13)19/h1-8,10H,9H2. The van der Waals surface area contributed by atoms with Crippen LogP contribution in [0.2, 0.25) is 5.02 Å². The molecule has 2 aromatic carbocycles. The normalized spacial score (nSPS) is 10.9. The number of halogens is 2. The molecule has 2 nitrogen and oxygen atoms in total. The van der Waals surface area contributed by atoms with E-state index in [1.54, 1.807) is 18.2 Å². The number of fused-ring (bicyclic) bond motifs is 1. The second-order valence-electron chi connectivity index (χ2n) is 4.59. The van der Waals surface area contributed by atoms with Crippen LogP contribution in [0, 0.1) is 5.82 Å². The minimum absolute atomic E-state index is 0.120. The Bertz CT molecular complexity index is 794. The lowest BCUT2D eigenvalue weighted by Gasteiger charge is -2.07. The maximum Gasteiger partial charge on any atom is 0.150 e. The Morgan fingerprint density at radius 1 is 1.20 bits per heavy atom. The second-order valence-corrected chi connectivity index (χ2v) is 5.00. The van der Waals surface area contributed by atoms with Gasteiger partial charge in [0.2, 0.25) is 0 Å². The molecule has 0 aliphatic rings. The highest BCUT2D eigenvalue weighted by Crippen LogP contribution is 2.21. The number of aldehydes is 1. The minimum atomic E-state index is -0.422. The number of carbonyl (C=O) groups excluding carboxylic acids is 1. The van der Waals surface area contributed by atoms with Crippen molar-refractivity contribution < 1.29 is 9.18 Å². The molecule has 4 heteroatoms. The molecule has 100 valence electrons. The van der Waals surface area contributed by atoms with Crippen LogP contribution >= 0.6 is 11.6 Å². The Morgan fingerprint density at radius 2 is 2.05 bits per heavy atom. The average molecular weight is 288 g/mol. The smallest absolute Gasteiger partial charge is 0.150 e. The molecule has 20 heavy (non-hydrogen) atoms. The summed E-state index contributed by atoms with van der Waals surface area (Å²) in [5, 5.41) is 1.02. The van der Waals surface area contributed by atoms with Crippen molar-refractivity contribution in [3.63, 3.8) is 0 Å². The van der Waals surface area contributed by atoms with Gasteiger partial charge in [0.1, 0.15) is 5.82 Å². The van der Waals surface area contributed by atoms with Gasteiger partial charge in [-0.15, -0.1) is 0 Å². The van der Waals surface area contributed by atoms with Crippen molar-refractivity contribution in [3.05, 3.63) is 70.6 Å². The van der Waals surface area contributed by atoms with E-state index in [1.807, 2.05) is 29.0 Å². The fraction of sp³-hybridized carbons (Fsp3) is 0.0625. The summed E-state index contributed by atoms with van der Waals surface area (Å²) in [6.45, 7) is 0.528. The zero-order chi connectivity index (χ0) is 14.1. The number of benzene rings is 2. The molecule has 0 aliphatic heterocycles. The van der Waals surface area contributed by atoms with E-state index in [4.69, 9.17) is 11.6 Å². The molecule has 0 atom stereocenters. The Hall–Kier alpha value is -2.13. The molecule has 0 radical (unpaired) electrons. The van der Waals surface area contributed by atoms with Crippen molar-refractivity contribution >= 4 is 28.8 Å². The summed E-state index contributed by atoms with van der Waals surface area (Å²) in [6, 6.07) is 12.2. The summed E-state index contributed by atoms with van der Waals surface area (Å²) in [4.78, 5) is 11.0. The number of hydrogen-bond acceptors (Lipinski definition) is 1. The maximum atomic E-state index is 13.5. The van der Waals surface area contributed by atoms with E-state index in [0.717, 1.165) is 22.8 Å². The third-order valence-corrected chi connectivity index (χ3v) is 3.62. The van der Waals surface area contributed by atoms with Crippen molar-refractivity contribution in [1.29, 1.82) is 0 Å². The predicted octanol–water partition coefficient (Wildman–Crippen LogP) is 4.29. The third kappa shape index (κ3) is 2.21. The van der Waals surface area contributed by atoms with E-state index in [9.17, 15) is 9.18 Å². The van der Waals surface area contributed by atoms with Crippen LogP contribution in [0.3, 0.4) is 0 Å². The molecule has 0 spiro atoms. The lowest BCUT2D eigenvalue weighted by Crippen LogP contribution is -1.98. The largest absolute Gasteiger partial charge is 0.343 e. The van der Waals surface area contributed by atoms with Gasteiger partial charge in [-0.05, 0) is 29.8 Å². The molecule has 0 bridgehead atoms. The van der Waals surface area contributed by atoms with E-state index in [2.05, 4.69) is 0 Å². The van der Waals surface area contributed by atoms with Crippen LogP contribution in [0.25, 0.3) is 10.9 Å². The highest BCUT2D eigenvalue weighted by atomic mass is 35.5. The molecule has 3 aromatic rings. The quantitative estimate of drug-likeness (QED) is 0.659. The monoisotopic (exact) mass is 287 g/mol. The van der Waals surface area contributed by atoms with E-state index in [0.29, 0.717) is 12.1 Å². The van der Waals surface area contributed by atoms with Gasteiger partial charge in [-0.1, -0.05) is 29.8 Å². The Balaban J connectivity index is 2.02. The van der Waals surface area contributed by atoms with Crippen LogP contribution in [0.4, 0.5) is 4.39 Å². The summed E-state index contributed by atoms with van der Waals surface area (Å²) < 4.78 is 15.4. The molecule has 0 saturated heterocycles. The van der Waals surface area contributed by atoms with Crippen LogP contribution in [0.1, 0.15) is 15.9 Å². The van der Waals surface area contributed by atoms with Crippen LogP contribution in [0.5, 0.6) is 0 Å². The summed E-state index contributed by atoms with van der Waals surface area (Å²) in [6.07, 6.45) is 2.73. The van der Waals surface area contributed by atoms with E-state index >= 15 is 0 Å². The lowest BCUT2D eigenvalue weighted by atomic mass is 10.1. The highest BCUT2D eigenvalue weighted by molar-refractivity contribution is 6.30. The lowest BCUT2D eigenvalue weighted by molar-refractivity contribution is 0.112. The number of aromatic nitrogens is 1. The summed E-state index contributed by atoms with van der Waals surface area (Å²) in [5.41, 5.74) is 2.43. The molecule has 3 rings (SSSR count). The van der Waals surface area contributed by atoms with Crippen molar-refractivity contribution in [2.24, 2.45) is 0 Å². The number of rotatable bonds is 3. The number of carbonyl (C=O) groups is 1. The number of hydrogen-bond donors (Lipinski definition) is 0. The molecule has 0 amide bonds. The highest BCUT2D eigenvalue weighted by Gasteiger charge is 2.07. The minimum Gasteiger partial charge on any atom is -0.343 e. The van der Waals surface area contributed by atoms with Crippen LogP contribution in [-0.2, 0) is 6.54 Å². The van der Waals surface area contributed by atoms with Gasteiger partial charge < -0.3 is 4.57 Å². The van der Waals surface area contributed by atoms with Crippen LogP contribution in [-0.4, -0.2) is 10.9 Å². The van der Waals surface area contributed by atoms with Crippen molar-refractivity contribution in [2.45, 2.75) is 6.54 Å². The molecule has 1 aromatic heterocycles. The molecule has 0 saturated carbocycles. The summed E-state index contributed by atoms with van der Waals surface area (Å²) in [7, 11) is 0. The van der Waals surface area contributed by atoms with E-state index < -0.39 is 5.82 Å². The first-order valence-electron chi connectivity index (χ1n) is 6.16. The molecule has 0 fully saturated rings. The first kappa shape index (κ1) is 12.9. The predicted molar refractivity (Wildman–Crippen MR) is 77.8 cm³/mol. The van der Waals surface area contributed by atoms with E-state index in [-0.39, 0.29) is 5.02 Å². The molecular weight excluding hydrogens is 277 g/mol. The van der Waals surface area contributed by atoms with Gasteiger partial charge >= 0.3 is 0 Å². The summed E-state index contributed by atoms with van der Waals surface area (Å²) in [5.74, 6) is -0.422. The molecule has 0 unspecified atom stereocenters. The zero-order valence-electron chi connectivity index (χ0n) is 10.5. The molecule has 0 aliphatic carbocycles. The third-order valence-electron chi connectivity index (χ3n) is 3.31. The van der Waals surface area contributed by atoms with Gasteiger partial charge in [-0.3, -0.25) is 4.79 Å². The molecule has 1 heterocycles. The molecule has 0 N–H and O–H groups in total. The van der Waals surface area contributed by atoms with Gasteiger partial charge in [0.15, 0.2) is 6.29 Å². The first-order valence-corrected chi connectivity index (χ1v) is 6.54. The Morgan fingerprint density at radius 3 is 2.80 bits per heavy atom. The van der Waals surface area contributed by atoms with Crippen LogP contribution < -0.4 is 0 Å². The van der Waals surface area contributed by atoms with Crippen molar-refractivity contribution in [1.82, 2.24) is 4.57 Å². The van der Waals surface area contributed by atoms with Gasteiger partial charge in [-0.25, -0.2) is 4.39 Å².